The van der Waals surface area contributed by atoms with Crippen molar-refractivity contribution in [1.29, 1.82) is 0 Å². The van der Waals surface area contributed by atoms with Crippen LogP contribution in [-0.4, -0.2) is 54.0 Å². The number of nitrogens with one attached hydrogen (secondary N) is 2. The highest BCUT2D eigenvalue weighted by Crippen LogP contribution is 2.26. The van der Waals surface area contributed by atoms with Crippen LogP contribution < -0.4 is 10.6 Å². The zero-order chi connectivity index (χ0) is 21.6. The monoisotopic (exact) mass is 460 g/mol. The van der Waals surface area contributed by atoms with Gasteiger partial charge in [0, 0.05) is 47.8 Å². The van der Waals surface area contributed by atoms with E-state index >= 15 is 0 Å². The second-order valence-corrected chi connectivity index (χ2v) is 9.62. The van der Waals surface area contributed by atoms with E-state index in [0.29, 0.717) is 29.8 Å². The predicted molar refractivity (Wildman–Crippen MR) is 126 cm³/mol. The Bertz CT molecular complexity index is 860. The van der Waals surface area contributed by atoms with Crippen LogP contribution >= 0.6 is 22.9 Å². The van der Waals surface area contributed by atoms with Crippen LogP contribution in [0.4, 0.5) is 10.5 Å². The quantitative estimate of drug-likeness (QED) is 0.677. The van der Waals surface area contributed by atoms with E-state index in [-0.39, 0.29) is 5.91 Å². The topological polar surface area (TPSA) is 64.7 Å². The number of rotatable bonds is 5. The number of halogens is 1. The fraction of sp³-hybridized carbons (Fsp3) is 0.478. The molecule has 1 atom stereocenters. The van der Waals surface area contributed by atoms with Crippen molar-refractivity contribution in [1.82, 2.24) is 15.1 Å². The first-order valence-electron chi connectivity index (χ1n) is 11.0. The third kappa shape index (κ3) is 5.79. The number of thiophene rings is 1. The van der Waals surface area contributed by atoms with Gasteiger partial charge in [0.2, 0.25) is 0 Å². The van der Waals surface area contributed by atoms with Gasteiger partial charge in [0.1, 0.15) is 6.04 Å². The number of carbonyl (C=O) groups is 2. The lowest BCUT2D eigenvalue weighted by Crippen LogP contribution is -2.54. The van der Waals surface area contributed by atoms with E-state index < -0.39 is 12.1 Å². The molecule has 8 heteroatoms. The Labute approximate surface area is 192 Å². The molecule has 31 heavy (non-hydrogen) atoms. The molecule has 2 N–H and O–H groups in total. The number of carbonyl (C=O) groups excluding carboxylic acids is 2. The van der Waals surface area contributed by atoms with Gasteiger partial charge in [0.15, 0.2) is 0 Å². The number of hydrogen-bond donors (Lipinski definition) is 2. The number of anilines is 1. The normalized spacial score (nSPS) is 19.1. The molecule has 6 nitrogen and oxygen atoms in total. The Kier molecular flexibility index (Phi) is 7.48. The standard InChI is InChI=1S/C23H29ClN4O2S/c24-17-8-10-18(11-9-17)25-23(30)26-21(20-7-4-16-31-20)22(29)28-14-12-27(13-15-28)19-5-2-1-3-6-19/h4,7-11,16,19,21H,1-3,5-6,12-15H2,(H2,25,26,30)/t21-/m1/s1. The number of nitrogens with zero attached hydrogens (tertiary/aromatic N) is 2. The lowest BCUT2D eigenvalue weighted by atomic mass is 9.94. The van der Waals surface area contributed by atoms with Crippen LogP contribution in [0.15, 0.2) is 41.8 Å². The molecule has 4 rings (SSSR count). The number of hydrogen-bond acceptors (Lipinski definition) is 4. The number of piperazine rings is 1. The zero-order valence-corrected chi connectivity index (χ0v) is 19.1. The Morgan fingerprint density at radius 2 is 1.71 bits per heavy atom. The highest BCUT2D eigenvalue weighted by Gasteiger charge is 2.32. The van der Waals surface area contributed by atoms with Crippen LogP contribution in [0.25, 0.3) is 0 Å². The Hall–Kier alpha value is -2.09. The third-order valence-electron chi connectivity index (χ3n) is 6.17. The van der Waals surface area contributed by atoms with Crippen LogP contribution in [0.2, 0.25) is 5.02 Å². The third-order valence-corrected chi connectivity index (χ3v) is 7.36. The first-order chi connectivity index (χ1) is 15.1. The van der Waals surface area contributed by atoms with E-state index in [0.717, 1.165) is 18.0 Å². The summed E-state index contributed by atoms with van der Waals surface area (Å²) in [5.41, 5.74) is 0.625. The maximum absolute atomic E-state index is 13.4. The minimum Gasteiger partial charge on any atom is -0.338 e. The largest absolute Gasteiger partial charge is 0.338 e. The van der Waals surface area contributed by atoms with Gasteiger partial charge in [0.25, 0.3) is 5.91 Å². The molecule has 2 heterocycles. The molecule has 1 saturated heterocycles. The molecule has 1 aromatic carbocycles. The molecule has 2 aliphatic rings. The zero-order valence-electron chi connectivity index (χ0n) is 17.6. The molecule has 0 radical (unpaired) electrons. The SMILES string of the molecule is O=C(Nc1ccc(Cl)cc1)N[C@@H](C(=O)N1CCN(C2CCCCC2)CC1)c1cccs1. The van der Waals surface area contributed by atoms with Crippen molar-refractivity contribution < 1.29 is 9.59 Å². The van der Waals surface area contributed by atoms with Crippen LogP contribution in [0.5, 0.6) is 0 Å². The predicted octanol–water partition coefficient (Wildman–Crippen LogP) is 4.74. The van der Waals surface area contributed by atoms with E-state index in [2.05, 4.69) is 15.5 Å². The van der Waals surface area contributed by atoms with Gasteiger partial charge in [-0.2, -0.15) is 0 Å². The molecule has 1 aromatic heterocycles. The van der Waals surface area contributed by atoms with Gasteiger partial charge in [-0.1, -0.05) is 36.9 Å². The molecular formula is C23H29ClN4O2S. The van der Waals surface area contributed by atoms with Gasteiger partial charge in [-0.05, 0) is 48.6 Å². The molecule has 2 aromatic rings. The van der Waals surface area contributed by atoms with E-state index in [9.17, 15) is 9.59 Å². The van der Waals surface area contributed by atoms with Crippen LogP contribution in [0, 0.1) is 0 Å². The maximum atomic E-state index is 13.4. The second kappa shape index (κ2) is 10.5. The van der Waals surface area contributed by atoms with Crippen LogP contribution in [-0.2, 0) is 4.79 Å². The number of urea groups is 1. The first-order valence-corrected chi connectivity index (χ1v) is 12.3. The molecule has 0 bridgehead atoms. The van der Waals surface area contributed by atoms with Crippen molar-refractivity contribution in [3.63, 3.8) is 0 Å². The summed E-state index contributed by atoms with van der Waals surface area (Å²) < 4.78 is 0. The van der Waals surface area contributed by atoms with Gasteiger partial charge < -0.3 is 15.5 Å². The molecular weight excluding hydrogens is 432 g/mol. The summed E-state index contributed by atoms with van der Waals surface area (Å²) in [4.78, 5) is 31.3. The van der Waals surface area contributed by atoms with Crippen LogP contribution in [0.1, 0.15) is 43.0 Å². The van der Waals surface area contributed by atoms with E-state index in [1.54, 1.807) is 24.3 Å². The van der Waals surface area contributed by atoms with Gasteiger partial charge in [-0.15, -0.1) is 11.3 Å². The summed E-state index contributed by atoms with van der Waals surface area (Å²) in [6, 6.07) is 10.3. The summed E-state index contributed by atoms with van der Waals surface area (Å²) in [6.45, 7) is 3.23. The molecule has 166 valence electrons. The molecule has 2 fully saturated rings. The fourth-order valence-electron chi connectivity index (χ4n) is 4.48. The summed E-state index contributed by atoms with van der Waals surface area (Å²) in [5.74, 6) is -0.0444. The van der Waals surface area contributed by atoms with Crippen molar-refractivity contribution in [3.05, 3.63) is 51.7 Å². The summed E-state index contributed by atoms with van der Waals surface area (Å²) in [6.07, 6.45) is 6.53. The highest BCUT2D eigenvalue weighted by molar-refractivity contribution is 7.10. The molecule has 0 spiro atoms. The highest BCUT2D eigenvalue weighted by atomic mass is 35.5. The molecule has 3 amide bonds. The molecule has 1 aliphatic carbocycles. The Morgan fingerprint density at radius 3 is 2.35 bits per heavy atom. The molecule has 0 unspecified atom stereocenters. The summed E-state index contributed by atoms with van der Waals surface area (Å²) in [7, 11) is 0. The maximum Gasteiger partial charge on any atom is 0.320 e. The average molecular weight is 461 g/mol. The first kappa shape index (κ1) is 22.1. The fourth-order valence-corrected chi connectivity index (χ4v) is 5.37. The minimum atomic E-state index is -0.687. The van der Waals surface area contributed by atoms with Crippen molar-refractivity contribution >= 4 is 40.6 Å². The average Bonchev–Trinajstić information content (AvgIpc) is 3.34. The van der Waals surface area contributed by atoms with Gasteiger partial charge in [-0.3, -0.25) is 9.69 Å². The minimum absolute atomic E-state index is 0.0444. The van der Waals surface area contributed by atoms with E-state index in [1.807, 2.05) is 22.4 Å². The van der Waals surface area contributed by atoms with E-state index in [1.165, 1.54) is 43.4 Å². The summed E-state index contributed by atoms with van der Waals surface area (Å²) in [5, 5.41) is 8.19. The van der Waals surface area contributed by atoms with Gasteiger partial charge in [0.05, 0.1) is 0 Å². The number of amides is 3. The van der Waals surface area contributed by atoms with Crippen molar-refractivity contribution in [2.75, 3.05) is 31.5 Å². The van der Waals surface area contributed by atoms with E-state index in [4.69, 9.17) is 11.6 Å². The second-order valence-electron chi connectivity index (χ2n) is 8.21. The van der Waals surface area contributed by atoms with Gasteiger partial charge in [-0.25, -0.2) is 4.79 Å². The Balaban J connectivity index is 1.37. The van der Waals surface area contributed by atoms with Crippen molar-refractivity contribution in [2.45, 2.75) is 44.2 Å². The lowest BCUT2D eigenvalue weighted by Gasteiger charge is -2.41. The van der Waals surface area contributed by atoms with Crippen LogP contribution in [0.3, 0.4) is 0 Å². The van der Waals surface area contributed by atoms with Gasteiger partial charge >= 0.3 is 6.03 Å². The summed E-state index contributed by atoms with van der Waals surface area (Å²) >= 11 is 7.39. The van der Waals surface area contributed by atoms with Crippen molar-refractivity contribution in [2.24, 2.45) is 0 Å². The Morgan fingerprint density at radius 1 is 1.00 bits per heavy atom. The smallest absolute Gasteiger partial charge is 0.320 e. The lowest BCUT2D eigenvalue weighted by molar-refractivity contribution is -0.135. The molecule has 1 saturated carbocycles. The van der Waals surface area contributed by atoms with Crippen molar-refractivity contribution in [3.8, 4) is 0 Å². The molecule has 1 aliphatic heterocycles. The number of benzene rings is 1.